The van der Waals surface area contributed by atoms with E-state index in [9.17, 15) is 19.7 Å². The summed E-state index contributed by atoms with van der Waals surface area (Å²) in [7, 11) is 1.40. The Kier molecular flexibility index (Phi) is 6.58. The lowest BCUT2D eigenvalue weighted by molar-refractivity contribution is -0.386. The lowest BCUT2D eigenvalue weighted by atomic mass is 9.95. The smallest absolute Gasteiger partial charge is 0.314 e. The predicted molar refractivity (Wildman–Crippen MR) is 109 cm³/mol. The Balaban J connectivity index is 2.13. The summed E-state index contributed by atoms with van der Waals surface area (Å²) in [5.41, 5.74) is 0.108. The van der Waals surface area contributed by atoms with Gasteiger partial charge in [0.05, 0.1) is 18.1 Å². The quantitative estimate of drug-likeness (QED) is 0.423. The Morgan fingerprint density at radius 1 is 1.10 bits per heavy atom. The van der Waals surface area contributed by atoms with Crippen LogP contribution in [0.5, 0.6) is 11.5 Å². The third-order valence-electron chi connectivity index (χ3n) is 4.14. The third kappa shape index (κ3) is 5.54. The molecule has 154 valence electrons. The number of nitro benzene ring substituents is 1. The minimum absolute atomic E-state index is 0.0225. The minimum atomic E-state index is -0.947. The summed E-state index contributed by atoms with van der Waals surface area (Å²) >= 11 is 0. The number of hydrogen-bond donors (Lipinski definition) is 1. The first-order chi connectivity index (χ1) is 13.5. The number of nitro groups is 1. The second-order valence-electron chi connectivity index (χ2n) is 7.50. The summed E-state index contributed by atoms with van der Waals surface area (Å²) in [6, 6.07) is 10.5. The number of hydrogen-bond acceptors (Lipinski definition) is 6. The number of nitrogens with one attached hydrogen (secondary N) is 1. The molecule has 0 fully saturated rings. The molecule has 8 heteroatoms. The molecule has 1 atom stereocenters. The Bertz CT molecular complexity index is 916. The first kappa shape index (κ1) is 21.9. The van der Waals surface area contributed by atoms with E-state index in [0.717, 1.165) is 0 Å². The number of ketones is 1. The average molecular weight is 400 g/mol. The van der Waals surface area contributed by atoms with Gasteiger partial charge in [0.15, 0.2) is 11.9 Å². The van der Waals surface area contributed by atoms with Crippen molar-refractivity contribution in [2.75, 3.05) is 12.4 Å². The highest BCUT2D eigenvalue weighted by atomic mass is 16.6. The van der Waals surface area contributed by atoms with Gasteiger partial charge in [-0.3, -0.25) is 19.7 Å². The van der Waals surface area contributed by atoms with Crippen LogP contribution >= 0.6 is 0 Å². The van der Waals surface area contributed by atoms with Crippen molar-refractivity contribution in [3.8, 4) is 11.5 Å². The summed E-state index contributed by atoms with van der Waals surface area (Å²) in [6.45, 7) is 6.93. The molecule has 1 N–H and O–H groups in total. The van der Waals surface area contributed by atoms with Gasteiger partial charge < -0.3 is 14.8 Å². The maximum Gasteiger partial charge on any atom is 0.314 e. The lowest BCUT2D eigenvalue weighted by Gasteiger charge is -2.18. The van der Waals surface area contributed by atoms with Gasteiger partial charge in [-0.05, 0) is 43.3 Å². The van der Waals surface area contributed by atoms with E-state index < -0.39 is 16.4 Å². The van der Waals surface area contributed by atoms with E-state index in [0.29, 0.717) is 17.0 Å². The molecular formula is C21H24N2O6. The van der Waals surface area contributed by atoms with Crippen molar-refractivity contribution in [3.05, 3.63) is 58.1 Å². The van der Waals surface area contributed by atoms with Gasteiger partial charge in [0.1, 0.15) is 5.75 Å². The first-order valence-corrected chi connectivity index (χ1v) is 8.97. The molecule has 8 nitrogen and oxygen atoms in total. The molecule has 29 heavy (non-hydrogen) atoms. The van der Waals surface area contributed by atoms with E-state index >= 15 is 0 Å². The number of anilines is 1. The molecule has 0 saturated carbocycles. The highest BCUT2D eigenvalue weighted by Gasteiger charge is 2.24. The van der Waals surface area contributed by atoms with Crippen LogP contribution in [-0.4, -0.2) is 29.8 Å². The van der Waals surface area contributed by atoms with Crippen molar-refractivity contribution < 1.29 is 24.0 Å². The molecule has 1 amide bonds. The van der Waals surface area contributed by atoms with Crippen molar-refractivity contribution in [2.24, 2.45) is 5.41 Å². The molecule has 0 bridgehead atoms. The van der Waals surface area contributed by atoms with Gasteiger partial charge in [0.2, 0.25) is 11.7 Å². The molecule has 0 aliphatic carbocycles. The van der Waals surface area contributed by atoms with Crippen molar-refractivity contribution in [3.63, 3.8) is 0 Å². The summed E-state index contributed by atoms with van der Waals surface area (Å²) in [4.78, 5) is 35.3. The molecule has 2 aromatic carbocycles. The molecule has 0 spiro atoms. The van der Waals surface area contributed by atoms with E-state index in [1.807, 2.05) is 0 Å². The van der Waals surface area contributed by atoms with E-state index in [2.05, 4.69) is 5.32 Å². The molecule has 2 aromatic rings. The molecule has 2 rings (SSSR count). The number of methoxy groups -OCH3 is 1. The lowest BCUT2D eigenvalue weighted by Crippen LogP contribution is -2.27. The number of benzene rings is 2. The van der Waals surface area contributed by atoms with Crippen LogP contribution in [0.3, 0.4) is 0 Å². The molecule has 0 aromatic heterocycles. The number of rotatable bonds is 7. The standard InChI is InChI=1S/C21H24N2O6/c1-13(29-18-11-10-16(28-5)12-17(18)23(26)27)19(24)14-6-8-15(9-7-14)22-20(25)21(2,3)4/h6-13H,1-5H3,(H,22,25)/t13-/m0/s1. The fourth-order valence-corrected chi connectivity index (χ4v) is 2.38. The van der Waals surface area contributed by atoms with Gasteiger partial charge >= 0.3 is 5.69 Å². The first-order valence-electron chi connectivity index (χ1n) is 8.97. The molecule has 0 radical (unpaired) electrons. The molecule has 0 aliphatic rings. The number of amides is 1. The van der Waals surface area contributed by atoms with Crippen LogP contribution in [0, 0.1) is 15.5 Å². The van der Waals surface area contributed by atoms with Gasteiger partial charge in [-0.2, -0.15) is 0 Å². The van der Waals surface area contributed by atoms with Gasteiger partial charge in [-0.25, -0.2) is 0 Å². The summed E-state index contributed by atoms with van der Waals surface area (Å²) in [5.74, 6) is -0.189. The highest BCUT2D eigenvalue weighted by Crippen LogP contribution is 2.32. The Morgan fingerprint density at radius 2 is 1.72 bits per heavy atom. The highest BCUT2D eigenvalue weighted by molar-refractivity contribution is 6.00. The maximum absolute atomic E-state index is 12.6. The zero-order valence-electron chi connectivity index (χ0n) is 17.0. The molecular weight excluding hydrogens is 376 g/mol. The molecule has 0 saturated heterocycles. The maximum atomic E-state index is 12.6. The van der Waals surface area contributed by atoms with Crippen LogP contribution in [0.2, 0.25) is 0 Å². The largest absolute Gasteiger partial charge is 0.496 e. The van der Waals surface area contributed by atoms with Gasteiger partial charge in [0, 0.05) is 16.7 Å². The fourth-order valence-electron chi connectivity index (χ4n) is 2.38. The van der Waals surface area contributed by atoms with Crippen LogP contribution in [0.15, 0.2) is 42.5 Å². The Labute approximate surface area is 169 Å². The van der Waals surface area contributed by atoms with Gasteiger partial charge in [-0.15, -0.1) is 0 Å². The number of ether oxygens (including phenoxy) is 2. The van der Waals surface area contributed by atoms with Crippen LogP contribution in [-0.2, 0) is 4.79 Å². The van der Waals surface area contributed by atoms with Gasteiger partial charge in [-0.1, -0.05) is 20.8 Å². The molecule has 0 heterocycles. The predicted octanol–water partition coefficient (Wildman–Crippen LogP) is 4.24. The van der Waals surface area contributed by atoms with E-state index in [1.54, 1.807) is 45.0 Å². The van der Waals surface area contributed by atoms with E-state index in [-0.39, 0.29) is 23.1 Å². The number of Topliss-reactive ketones (excluding diaryl/α,β-unsaturated/α-hetero) is 1. The van der Waals surface area contributed by atoms with Gasteiger partial charge in [0.25, 0.3) is 0 Å². The topological polar surface area (TPSA) is 108 Å². The van der Waals surface area contributed by atoms with Crippen LogP contribution in [0.25, 0.3) is 0 Å². The van der Waals surface area contributed by atoms with E-state index in [4.69, 9.17) is 9.47 Å². The summed E-state index contributed by atoms with van der Waals surface area (Å²) in [6.07, 6.45) is -0.947. The average Bonchev–Trinajstić information content (AvgIpc) is 2.67. The minimum Gasteiger partial charge on any atom is -0.496 e. The Hall–Kier alpha value is -3.42. The second kappa shape index (κ2) is 8.72. The molecule has 0 aliphatic heterocycles. The fraction of sp³-hybridized carbons (Fsp3) is 0.333. The normalized spacial score (nSPS) is 12.0. The SMILES string of the molecule is COc1ccc(O[C@@H](C)C(=O)c2ccc(NC(=O)C(C)(C)C)cc2)c([N+](=O)[O-])c1. The number of nitrogens with zero attached hydrogens (tertiary/aromatic N) is 1. The number of carbonyl (C=O) groups excluding carboxylic acids is 2. The van der Waals surface area contributed by atoms with Crippen molar-refractivity contribution in [2.45, 2.75) is 33.8 Å². The zero-order chi connectivity index (χ0) is 21.8. The molecule has 0 unspecified atom stereocenters. The van der Waals surface area contributed by atoms with Crippen molar-refractivity contribution >= 4 is 23.1 Å². The van der Waals surface area contributed by atoms with Crippen LogP contribution in [0.4, 0.5) is 11.4 Å². The van der Waals surface area contributed by atoms with Crippen molar-refractivity contribution in [1.29, 1.82) is 0 Å². The zero-order valence-corrected chi connectivity index (χ0v) is 17.0. The van der Waals surface area contributed by atoms with Crippen LogP contribution < -0.4 is 14.8 Å². The summed E-state index contributed by atoms with van der Waals surface area (Å²) in [5, 5.41) is 14.0. The van der Waals surface area contributed by atoms with Crippen LogP contribution in [0.1, 0.15) is 38.1 Å². The summed E-state index contributed by atoms with van der Waals surface area (Å²) < 4.78 is 10.5. The third-order valence-corrected chi connectivity index (χ3v) is 4.14. The van der Waals surface area contributed by atoms with Crippen molar-refractivity contribution in [1.82, 2.24) is 0 Å². The monoisotopic (exact) mass is 400 g/mol. The Morgan fingerprint density at radius 3 is 2.24 bits per heavy atom. The second-order valence-corrected chi connectivity index (χ2v) is 7.50. The van der Waals surface area contributed by atoms with E-state index in [1.165, 1.54) is 32.2 Å². The number of carbonyl (C=O) groups is 2.